The van der Waals surface area contributed by atoms with E-state index in [1.54, 1.807) is 24.3 Å². The molecule has 8 heteroatoms. The van der Waals surface area contributed by atoms with Crippen molar-refractivity contribution in [2.75, 3.05) is 5.01 Å². The molecule has 0 aliphatic carbocycles. The number of non-ortho nitro benzene ring substituents is 1. The number of aromatic hydroxyl groups is 1. The lowest BCUT2D eigenvalue weighted by atomic mass is 10.0. The van der Waals surface area contributed by atoms with E-state index in [0.717, 1.165) is 23.6 Å². The molecule has 3 aromatic rings. The summed E-state index contributed by atoms with van der Waals surface area (Å²) < 4.78 is 1.85. The second-order valence-corrected chi connectivity index (χ2v) is 6.50. The van der Waals surface area contributed by atoms with E-state index in [9.17, 15) is 15.2 Å². The van der Waals surface area contributed by atoms with Crippen LogP contribution in [0.25, 0.3) is 0 Å². The number of nitro benzene ring substituents is 1. The molecule has 1 aliphatic rings. The summed E-state index contributed by atoms with van der Waals surface area (Å²) in [6.45, 7) is 2.78. The Morgan fingerprint density at radius 2 is 1.93 bits per heavy atom. The van der Waals surface area contributed by atoms with Crippen LogP contribution < -0.4 is 5.01 Å². The highest BCUT2D eigenvalue weighted by Gasteiger charge is 2.32. The van der Waals surface area contributed by atoms with Crippen LogP contribution in [0.5, 0.6) is 5.75 Å². The maximum absolute atomic E-state index is 11.0. The maximum atomic E-state index is 11.0. The molecule has 0 fully saturated rings. The van der Waals surface area contributed by atoms with Gasteiger partial charge in [0, 0.05) is 36.9 Å². The summed E-state index contributed by atoms with van der Waals surface area (Å²) in [5, 5.41) is 32.3. The van der Waals surface area contributed by atoms with Crippen molar-refractivity contribution >= 4 is 17.1 Å². The first kappa shape index (κ1) is 17.7. The Kier molecular flexibility index (Phi) is 4.52. The lowest BCUT2D eigenvalue weighted by Crippen LogP contribution is -2.19. The van der Waals surface area contributed by atoms with Gasteiger partial charge in [-0.1, -0.05) is 12.1 Å². The average Bonchev–Trinajstić information content (AvgIpc) is 3.35. The third kappa shape index (κ3) is 3.20. The van der Waals surface area contributed by atoms with Gasteiger partial charge in [-0.15, -0.1) is 0 Å². The van der Waals surface area contributed by atoms with Gasteiger partial charge in [-0.2, -0.15) is 10.2 Å². The molecule has 0 bridgehead atoms. The average molecular weight is 377 g/mol. The highest BCUT2D eigenvalue weighted by Crippen LogP contribution is 2.37. The Labute approximate surface area is 161 Å². The predicted octanol–water partition coefficient (Wildman–Crippen LogP) is 3.87. The van der Waals surface area contributed by atoms with Gasteiger partial charge in [0.05, 0.1) is 22.0 Å². The highest BCUT2D eigenvalue weighted by molar-refractivity contribution is 6.05. The Morgan fingerprint density at radius 1 is 1.18 bits per heavy atom. The van der Waals surface area contributed by atoms with Gasteiger partial charge in [0.1, 0.15) is 11.8 Å². The summed E-state index contributed by atoms with van der Waals surface area (Å²) in [6, 6.07) is 15.2. The Bertz CT molecular complexity index is 1040. The van der Waals surface area contributed by atoms with Gasteiger partial charge in [-0.05, 0) is 37.3 Å². The zero-order valence-electron chi connectivity index (χ0n) is 15.3. The Balaban J connectivity index is 1.75. The molecule has 4 rings (SSSR count). The molecule has 8 nitrogen and oxygen atoms in total. The van der Waals surface area contributed by atoms with Crippen LogP contribution in [0.3, 0.4) is 0 Å². The first-order valence-electron chi connectivity index (χ1n) is 8.99. The lowest BCUT2D eigenvalue weighted by Gasteiger charge is -2.22. The fraction of sp³-hybridized carbons (Fsp3) is 0.200. The normalized spacial score (nSPS) is 16.2. The number of phenolic OH excluding ortho intramolecular Hbond substituents is 1. The molecular weight excluding hydrogens is 358 g/mol. The number of phenols is 1. The van der Waals surface area contributed by atoms with Crippen LogP contribution in [-0.4, -0.2) is 25.5 Å². The van der Waals surface area contributed by atoms with Crippen molar-refractivity contribution in [3.63, 3.8) is 0 Å². The number of aryl methyl sites for hydroxylation is 1. The largest absolute Gasteiger partial charge is 0.507 e. The molecule has 2 heterocycles. The third-order valence-corrected chi connectivity index (χ3v) is 4.78. The minimum Gasteiger partial charge on any atom is -0.507 e. The maximum Gasteiger partial charge on any atom is 0.269 e. The van der Waals surface area contributed by atoms with Crippen molar-refractivity contribution in [1.82, 2.24) is 9.78 Å². The Hall–Kier alpha value is -3.68. The van der Waals surface area contributed by atoms with E-state index in [2.05, 4.69) is 5.10 Å². The number of nitro groups is 1. The molecule has 142 valence electrons. The zero-order valence-corrected chi connectivity index (χ0v) is 15.3. The molecule has 0 radical (unpaired) electrons. The zero-order chi connectivity index (χ0) is 19.7. The van der Waals surface area contributed by atoms with Gasteiger partial charge in [-0.25, -0.2) is 0 Å². The highest BCUT2D eigenvalue weighted by atomic mass is 16.6. The van der Waals surface area contributed by atoms with Crippen LogP contribution in [-0.2, 0) is 6.54 Å². The SMILES string of the molecule is CCn1ccc([C@H]2CC(c3ccccc3O)=NN2c2ccc([N+](=O)[O-])cc2)n1. The van der Waals surface area contributed by atoms with E-state index in [-0.39, 0.29) is 17.5 Å². The molecule has 0 unspecified atom stereocenters. The lowest BCUT2D eigenvalue weighted by molar-refractivity contribution is -0.384. The summed E-state index contributed by atoms with van der Waals surface area (Å²) in [4.78, 5) is 10.5. The number of rotatable bonds is 5. The summed E-state index contributed by atoms with van der Waals surface area (Å²) >= 11 is 0. The van der Waals surface area contributed by atoms with E-state index < -0.39 is 4.92 Å². The number of benzene rings is 2. The number of nitrogens with zero attached hydrogens (tertiary/aromatic N) is 5. The van der Waals surface area contributed by atoms with E-state index in [1.165, 1.54) is 12.1 Å². The van der Waals surface area contributed by atoms with Crippen LogP contribution in [0.15, 0.2) is 65.9 Å². The monoisotopic (exact) mass is 377 g/mol. The molecule has 0 amide bonds. The minimum absolute atomic E-state index is 0.0275. The molecule has 0 spiro atoms. The Morgan fingerprint density at radius 3 is 2.57 bits per heavy atom. The van der Waals surface area contributed by atoms with Gasteiger partial charge in [-0.3, -0.25) is 19.8 Å². The fourth-order valence-corrected chi connectivity index (χ4v) is 3.32. The molecule has 1 aliphatic heterocycles. The van der Waals surface area contributed by atoms with Crippen molar-refractivity contribution < 1.29 is 10.0 Å². The van der Waals surface area contributed by atoms with E-state index >= 15 is 0 Å². The van der Waals surface area contributed by atoms with Crippen LogP contribution in [0.2, 0.25) is 0 Å². The fourth-order valence-electron chi connectivity index (χ4n) is 3.32. The van der Waals surface area contributed by atoms with Crippen molar-refractivity contribution in [2.24, 2.45) is 5.10 Å². The first-order chi connectivity index (χ1) is 13.6. The quantitative estimate of drug-likeness (QED) is 0.538. The van der Waals surface area contributed by atoms with E-state index in [0.29, 0.717) is 12.0 Å². The predicted molar refractivity (Wildman–Crippen MR) is 105 cm³/mol. The van der Waals surface area contributed by atoms with Gasteiger partial charge >= 0.3 is 0 Å². The number of hydrogen-bond acceptors (Lipinski definition) is 6. The summed E-state index contributed by atoms with van der Waals surface area (Å²) in [6.07, 6.45) is 2.48. The number of hydrazone groups is 1. The van der Waals surface area contributed by atoms with Gasteiger partial charge < -0.3 is 5.11 Å². The van der Waals surface area contributed by atoms with Crippen molar-refractivity contribution in [2.45, 2.75) is 25.9 Å². The summed E-state index contributed by atoms with van der Waals surface area (Å²) in [5.74, 6) is 0.171. The third-order valence-electron chi connectivity index (χ3n) is 4.78. The minimum atomic E-state index is -0.426. The molecule has 1 N–H and O–H groups in total. The van der Waals surface area contributed by atoms with Crippen LogP contribution >= 0.6 is 0 Å². The molecule has 1 atom stereocenters. The molecule has 2 aromatic carbocycles. The van der Waals surface area contributed by atoms with Crippen molar-refractivity contribution in [3.05, 3.63) is 82.2 Å². The van der Waals surface area contributed by atoms with Gasteiger partial charge in [0.25, 0.3) is 5.69 Å². The molecular formula is C20H19N5O3. The molecule has 1 aromatic heterocycles. The van der Waals surface area contributed by atoms with Crippen molar-refractivity contribution in [1.29, 1.82) is 0 Å². The van der Waals surface area contributed by atoms with E-state index in [4.69, 9.17) is 5.10 Å². The van der Waals surface area contributed by atoms with Gasteiger partial charge in [0.15, 0.2) is 0 Å². The van der Waals surface area contributed by atoms with Gasteiger partial charge in [0.2, 0.25) is 0 Å². The number of anilines is 1. The topological polar surface area (TPSA) is 96.8 Å². The second kappa shape index (κ2) is 7.15. The summed E-state index contributed by atoms with van der Waals surface area (Å²) in [5.41, 5.74) is 3.03. The number of aromatic nitrogens is 2. The second-order valence-electron chi connectivity index (χ2n) is 6.50. The van der Waals surface area contributed by atoms with Crippen LogP contribution in [0, 0.1) is 10.1 Å². The molecule has 0 saturated carbocycles. The van der Waals surface area contributed by atoms with Crippen LogP contribution in [0.1, 0.15) is 30.6 Å². The number of para-hydroxylation sites is 1. The van der Waals surface area contributed by atoms with Crippen molar-refractivity contribution in [3.8, 4) is 5.75 Å². The van der Waals surface area contributed by atoms with Crippen LogP contribution in [0.4, 0.5) is 11.4 Å². The first-order valence-corrected chi connectivity index (χ1v) is 8.99. The molecule has 28 heavy (non-hydrogen) atoms. The van der Waals surface area contributed by atoms with E-state index in [1.807, 2.05) is 41.0 Å². The smallest absolute Gasteiger partial charge is 0.269 e. The summed E-state index contributed by atoms with van der Waals surface area (Å²) in [7, 11) is 0. The standard InChI is InChI=1S/C20H19N5O3/c1-2-23-12-11-17(21-23)19-13-18(16-5-3-4-6-20(16)26)22-24(19)14-7-9-15(10-8-14)25(27)28/h3-12,19,26H,2,13H2,1H3/t19-/m1/s1. The molecule has 0 saturated heterocycles. The number of hydrogen-bond donors (Lipinski definition) is 1.